The molecular weight excluding hydrogens is 134 g/mol. The first-order valence-electron chi connectivity index (χ1n) is 4.99. The van der Waals surface area contributed by atoms with Crippen LogP contribution in [0, 0.1) is 12.3 Å². The quantitative estimate of drug-likeness (QED) is 0.585. The monoisotopic (exact) mass is 152 g/mol. The molecule has 0 unspecified atom stereocenters. The molecule has 2 fully saturated rings. The Morgan fingerprint density at radius 1 is 1.09 bits per heavy atom. The van der Waals surface area contributed by atoms with E-state index in [1.165, 1.54) is 51.7 Å². The van der Waals surface area contributed by atoms with E-state index in [-0.39, 0.29) is 0 Å². The van der Waals surface area contributed by atoms with Gasteiger partial charge in [0.2, 0.25) is 0 Å². The second-order valence-corrected chi connectivity index (χ2v) is 3.99. The molecule has 1 heterocycles. The van der Waals surface area contributed by atoms with Crippen LogP contribution >= 0.6 is 0 Å². The van der Waals surface area contributed by atoms with Crippen LogP contribution in [0.25, 0.3) is 0 Å². The van der Waals surface area contributed by atoms with Gasteiger partial charge < -0.3 is 4.90 Å². The molecule has 1 saturated carbocycles. The highest BCUT2D eigenvalue weighted by Gasteiger charge is 2.21. The van der Waals surface area contributed by atoms with Gasteiger partial charge >= 0.3 is 0 Å². The molecule has 2 rings (SSSR count). The van der Waals surface area contributed by atoms with Crippen molar-refractivity contribution in [2.24, 2.45) is 5.92 Å². The lowest BCUT2D eigenvalue weighted by atomic mass is 9.85. The van der Waals surface area contributed by atoms with Gasteiger partial charge in [-0.05, 0) is 51.1 Å². The topological polar surface area (TPSA) is 3.24 Å². The Kier molecular flexibility index (Phi) is 2.47. The van der Waals surface area contributed by atoms with E-state index >= 15 is 0 Å². The Hall–Kier alpha value is -0.0400. The maximum absolute atomic E-state index is 2.65. The van der Waals surface area contributed by atoms with E-state index in [1.54, 1.807) is 0 Å². The van der Waals surface area contributed by atoms with Crippen molar-refractivity contribution >= 4 is 0 Å². The minimum absolute atomic E-state index is 1.02. The molecule has 0 spiro atoms. The van der Waals surface area contributed by atoms with E-state index in [4.69, 9.17) is 0 Å². The van der Waals surface area contributed by atoms with E-state index in [9.17, 15) is 0 Å². The van der Waals surface area contributed by atoms with Crippen molar-refractivity contribution in [2.45, 2.75) is 32.1 Å². The fourth-order valence-electron chi connectivity index (χ4n) is 2.06. The number of hydrogen-bond acceptors (Lipinski definition) is 1. The lowest BCUT2D eigenvalue weighted by Crippen LogP contribution is -2.36. The Balaban J connectivity index is 1.67. The van der Waals surface area contributed by atoms with E-state index in [0.29, 0.717) is 0 Å². The molecule has 0 amide bonds. The van der Waals surface area contributed by atoms with Crippen molar-refractivity contribution in [3.8, 4) is 0 Å². The van der Waals surface area contributed by atoms with E-state index in [1.807, 2.05) is 0 Å². The third-order valence-corrected chi connectivity index (χ3v) is 2.97. The lowest BCUT2D eigenvalue weighted by Gasteiger charge is -2.34. The molecule has 63 valence electrons. The van der Waals surface area contributed by atoms with Gasteiger partial charge in [-0.25, -0.2) is 0 Å². The molecule has 1 saturated heterocycles. The van der Waals surface area contributed by atoms with Crippen molar-refractivity contribution in [3.05, 3.63) is 6.42 Å². The molecule has 0 bridgehead atoms. The van der Waals surface area contributed by atoms with Crippen molar-refractivity contribution in [3.63, 3.8) is 0 Å². The van der Waals surface area contributed by atoms with Crippen LogP contribution in [0.2, 0.25) is 0 Å². The average Bonchev–Trinajstić information content (AvgIpc) is 1.99. The standard InChI is InChI=1S/C10H18N/c1-2-7-11(8-3-1)9-10-5-4-6-10/h4,10H,1-3,5-9H2. The zero-order valence-electron chi connectivity index (χ0n) is 7.26. The summed E-state index contributed by atoms with van der Waals surface area (Å²) in [5.74, 6) is 1.02. The fraction of sp³-hybridized carbons (Fsp3) is 0.900. The summed E-state index contributed by atoms with van der Waals surface area (Å²) in [6, 6.07) is 0. The van der Waals surface area contributed by atoms with Gasteiger partial charge in [0, 0.05) is 6.54 Å². The van der Waals surface area contributed by atoms with Gasteiger partial charge in [-0.3, -0.25) is 0 Å². The number of rotatable bonds is 2. The summed E-state index contributed by atoms with van der Waals surface area (Å²) in [5, 5.41) is 0. The average molecular weight is 152 g/mol. The number of likely N-dealkylation sites (tertiary alicyclic amines) is 1. The minimum Gasteiger partial charge on any atom is -0.303 e. The van der Waals surface area contributed by atoms with Gasteiger partial charge in [-0.2, -0.15) is 0 Å². The summed E-state index contributed by atoms with van der Waals surface area (Å²) < 4.78 is 0. The highest BCUT2D eigenvalue weighted by Crippen LogP contribution is 2.26. The van der Waals surface area contributed by atoms with Crippen LogP contribution in [0.15, 0.2) is 0 Å². The molecule has 1 aliphatic heterocycles. The summed E-state index contributed by atoms with van der Waals surface area (Å²) in [5.41, 5.74) is 0. The first-order chi connectivity index (χ1) is 5.45. The predicted octanol–water partition coefficient (Wildman–Crippen LogP) is 2.09. The van der Waals surface area contributed by atoms with Crippen molar-refractivity contribution in [2.75, 3.05) is 19.6 Å². The molecule has 1 nitrogen and oxygen atoms in total. The number of piperidine rings is 1. The van der Waals surface area contributed by atoms with E-state index < -0.39 is 0 Å². The predicted molar refractivity (Wildman–Crippen MR) is 47.3 cm³/mol. The minimum atomic E-state index is 1.02. The van der Waals surface area contributed by atoms with Gasteiger partial charge in [-0.15, -0.1) is 0 Å². The van der Waals surface area contributed by atoms with Crippen LogP contribution in [-0.2, 0) is 0 Å². The zero-order chi connectivity index (χ0) is 7.52. The normalized spacial score (nSPS) is 28.4. The van der Waals surface area contributed by atoms with Gasteiger partial charge in [-0.1, -0.05) is 6.42 Å². The molecule has 1 heteroatoms. The van der Waals surface area contributed by atoms with Crippen LogP contribution in [0.5, 0.6) is 0 Å². The molecule has 2 aliphatic rings. The third-order valence-electron chi connectivity index (χ3n) is 2.97. The van der Waals surface area contributed by atoms with Gasteiger partial charge in [0.05, 0.1) is 0 Å². The molecule has 0 atom stereocenters. The molecule has 0 aromatic rings. The second-order valence-electron chi connectivity index (χ2n) is 3.99. The van der Waals surface area contributed by atoms with Crippen LogP contribution in [0.1, 0.15) is 32.1 Å². The van der Waals surface area contributed by atoms with E-state index in [2.05, 4.69) is 11.3 Å². The molecule has 1 aliphatic carbocycles. The molecule has 0 aromatic carbocycles. The highest BCUT2D eigenvalue weighted by atomic mass is 15.1. The Morgan fingerprint density at radius 2 is 1.82 bits per heavy atom. The third kappa shape index (κ3) is 1.96. The Bertz CT molecular complexity index is 112. The van der Waals surface area contributed by atoms with Crippen molar-refractivity contribution < 1.29 is 0 Å². The van der Waals surface area contributed by atoms with Crippen LogP contribution in [0.3, 0.4) is 0 Å². The Labute approximate surface area is 69.8 Å². The molecule has 0 aromatic heterocycles. The summed E-state index contributed by atoms with van der Waals surface area (Å²) in [4.78, 5) is 2.65. The lowest BCUT2D eigenvalue weighted by molar-refractivity contribution is 0.176. The van der Waals surface area contributed by atoms with Gasteiger partial charge in [0.25, 0.3) is 0 Å². The first kappa shape index (κ1) is 7.60. The maximum Gasteiger partial charge on any atom is 0.000986 e. The Morgan fingerprint density at radius 3 is 2.36 bits per heavy atom. The number of nitrogens with zero attached hydrogens (tertiary/aromatic N) is 1. The first-order valence-corrected chi connectivity index (χ1v) is 4.99. The summed E-state index contributed by atoms with van der Waals surface area (Å²) in [7, 11) is 0. The second kappa shape index (κ2) is 3.57. The highest BCUT2D eigenvalue weighted by molar-refractivity contribution is 4.87. The van der Waals surface area contributed by atoms with Crippen LogP contribution < -0.4 is 0 Å². The maximum atomic E-state index is 2.65. The summed E-state index contributed by atoms with van der Waals surface area (Å²) >= 11 is 0. The van der Waals surface area contributed by atoms with E-state index in [0.717, 1.165) is 5.92 Å². The van der Waals surface area contributed by atoms with Crippen molar-refractivity contribution in [1.82, 2.24) is 4.90 Å². The van der Waals surface area contributed by atoms with Gasteiger partial charge in [0.1, 0.15) is 0 Å². The fourth-order valence-corrected chi connectivity index (χ4v) is 2.06. The van der Waals surface area contributed by atoms with Crippen molar-refractivity contribution in [1.29, 1.82) is 0 Å². The SMILES string of the molecule is [CH]1CC(CN2CCCCC2)C1. The van der Waals surface area contributed by atoms with Crippen LogP contribution in [0.4, 0.5) is 0 Å². The molecule has 0 N–H and O–H groups in total. The smallest absolute Gasteiger partial charge is 0.000986 e. The zero-order valence-corrected chi connectivity index (χ0v) is 7.26. The molecule has 1 radical (unpaired) electrons. The van der Waals surface area contributed by atoms with Gasteiger partial charge in [0.15, 0.2) is 0 Å². The summed E-state index contributed by atoms with van der Waals surface area (Å²) in [6.45, 7) is 4.13. The molecule has 11 heavy (non-hydrogen) atoms. The largest absolute Gasteiger partial charge is 0.303 e. The number of hydrogen-bond donors (Lipinski definition) is 0. The summed E-state index contributed by atoms with van der Waals surface area (Å²) in [6.07, 6.45) is 9.53. The van der Waals surface area contributed by atoms with Crippen LogP contribution in [-0.4, -0.2) is 24.5 Å². The molecular formula is C10H18N.